The third-order valence-electron chi connectivity index (χ3n) is 5.85. The van der Waals surface area contributed by atoms with Gasteiger partial charge >= 0.3 is 0 Å². The lowest BCUT2D eigenvalue weighted by atomic mass is 10.1. The zero-order chi connectivity index (χ0) is 25.4. The Morgan fingerprint density at radius 1 is 0.889 bits per heavy atom. The number of rotatable bonds is 15. The summed E-state index contributed by atoms with van der Waals surface area (Å²) >= 11 is 0. The number of methoxy groups -OCH3 is 2. The van der Waals surface area contributed by atoms with Gasteiger partial charge in [-0.05, 0) is 79.2 Å². The van der Waals surface area contributed by atoms with E-state index in [0.717, 1.165) is 67.0 Å². The first-order chi connectivity index (χ1) is 17.7. The van der Waals surface area contributed by atoms with Gasteiger partial charge in [-0.3, -0.25) is 9.78 Å². The Kier molecular flexibility index (Phi) is 11.5. The van der Waals surface area contributed by atoms with E-state index >= 15 is 0 Å². The molecule has 0 saturated heterocycles. The summed E-state index contributed by atoms with van der Waals surface area (Å²) in [5.41, 5.74) is 4.51. The van der Waals surface area contributed by atoms with Crippen LogP contribution in [-0.2, 0) is 11.2 Å². The molecule has 3 rings (SSSR count). The molecule has 0 saturated carbocycles. The predicted octanol–water partition coefficient (Wildman–Crippen LogP) is 5.29. The van der Waals surface area contributed by atoms with Gasteiger partial charge in [0, 0.05) is 31.4 Å². The van der Waals surface area contributed by atoms with Gasteiger partial charge in [0.2, 0.25) is 5.91 Å². The maximum absolute atomic E-state index is 12.1. The molecule has 0 atom stereocenters. The van der Waals surface area contributed by atoms with Crippen LogP contribution < -0.4 is 20.1 Å². The number of nitrogens with zero attached hydrogens (tertiary/aromatic N) is 1. The number of carbonyl (C=O) groups excluding carboxylic acids is 1. The second kappa shape index (κ2) is 15.4. The number of amides is 1. The summed E-state index contributed by atoms with van der Waals surface area (Å²) in [6.07, 6.45) is 11.9. The molecule has 2 N–H and O–H groups in total. The van der Waals surface area contributed by atoms with Crippen LogP contribution in [0.25, 0.3) is 17.2 Å². The fraction of sp³-hybridized carbons (Fsp3) is 0.333. The van der Waals surface area contributed by atoms with Crippen LogP contribution in [0.2, 0.25) is 0 Å². The summed E-state index contributed by atoms with van der Waals surface area (Å²) < 4.78 is 10.7. The van der Waals surface area contributed by atoms with Crippen LogP contribution in [0.1, 0.15) is 36.8 Å². The lowest BCUT2D eigenvalue weighted by Crippen LogP contribution is -2.24. The summed E-state index contributed by atoms with van der Waals surface area (Å²) in [5.74, 6) is 1.70. The maximum Gasteiger partial charge on any atom is 0.223 e. The lowest BCUT2D eigenvalue weighted by Gasteiger charge is -2.09. The van der Waals surface area contributed by atoms with E-state index in [2.05, 4.69) is 52.0 Å². The molecule has 36 heavy (non-hydrogen) atoms. The van der Waals surface area contributed by atoms with Gasteiger partial charge < -0.3 is 20.1 Å². The van der Waals surface area contributed by atoms with Crippen molar-refractivity contribution in [3.63, 3.8) is 0 Å². The first kappa shape index (κ1) is 27.0. The molecular weight excluding hydrogens is 450 g/mol. The molecule has 0 aliphatic heterocycles. The predicted molar refractivity (Wildman–Crippen MR) is 146 cm³/mol. The Morgan fingerprint density at radius 2 is 1.61 bits per heavy atom. The quantitative estimate of drug-likeness (QED) is 0.285. The molecule has 190 valence electrons. The Morgan fingerprint density at radius 3 is 2.31 bits per heavy atom. The summed E-state index contributed by atoms with van der Waals surface area (Å²) in [6, 6.07) is 18.2. The highest BCUT2D eigenvalue weighted by atomic mass is 16.5. The minimum atomic E-state index is 0.0555. The smallest absolute Gasteiger partial charge is 0.223 e. The van der Waals surface area contributed by atoms with Gasteiger partial charge in [0.05, 0.1) is 14.2 Å². The molecule has 1 amide bonds. The topological polar surface area (TPSA) is 72.5 Å². The van der Waals surface area contributed by atoms with Crippen LogP contribution in [0.4, 0.5) is 0 Å². The van der Waals surface area contributed by atoms with Crippen LogP contribution in [-0.4, -0.2) is 44.7 Å². The van der Waals surface area contributed by atoms with E-state index in [1.807, 2.05) is 36.5 Å². The Labute approximate surface area is 214 Å². The van der Waals surface area contributed by atoms with Crippen molar-refractivity contribution in [2.45, 2.75) is 32.1 Å². The molecule has 2 aromatic carbocycles. The number of benzene rings is 2. The number of pyridine rings is 1. The minimum Gasteiger partial charge on any atom is -0.497 e. The highest BCUT2D eigenvalue weighted by molar-refractivity contribution is 5.78. The highest BCUT2D eigenvalue weighted by Gasteiger charge is 2.02. The SMILES string of the molecule is COc1cc(CCCNCCCCNC(=O)C/C=C/c2ccc(-c3cccnc3)cc2)cc(OC)c1. The van der Waals surface area contributed by atoms with Crippen molar-refractivity contribution in [3.8, 4) is 22.6 Å². The van der Waals surface area contributed by atoms with Crippen molar-refractivity contribution in [1.82, 2.24) is 15.6 Å². The monoisotopic (exact) mass is 487 g/mol. The normalized spacial score (nSPS) is 10.9. The molecule has 0 aliphatic carbocycles. The zero-order valence-electron chi connectivity index (χ0n) is 21.3. The summed E-state index contributed by atoms with van der Waals surface area (Å²) in [6.45, 7) is 2.61. The fourth-order valence-electron chi connectivity index (χ4n) is 3.85. The summed E-state index contributed by atoms with van der Waals surface area (Å²) in [5, 5.41) is 6.47. The fourth-order valence-corrected chi connectivity index (χ4v) is 3.85. The molecule has 0 bridgehead atoms. The van der Waals surface area contributed by atoms with Gasteiger partial charge in [0.25, 0.3) is 0 Å². The average Bonchev–Trinajstić information content (AvgIpc) is 2.92. The Balaban J connectivity index is 1.21. The number of ether oxygens (including phenoxy) is 2. The molecule has 0 unspecified atom stereocenters. The third-order valence-corrected chi connectivity index (χ3v) is 5.85. The summed E-state index contributed by atoms with van der Waals surface area (Å²) in [4.78, 5) is 16.2. The van der Waals surface area contributed by atoms with Gasteiger partial charge in [-0.2, -0.15) is 0 Å². The molecule has 1 heterocycles. The van der Waals surface area contributed by atoms with Crippen LogP contribution >= 0.6 is 0 Å². The molecule has 0 aliphatic rings. The Hall–Kier alpha value is -3.64. The number of unbranched alkanes of at least 4 members (excludes halogenated alkanes) is 1. The number of aromatic nitrogens is 1. The van der Waals surface area contributed by atoms with Gasteiger partial charge in [0.1, 0.15) is 11.5 Å². The van der Waals surface area contributed by atoms with Gasteiger partial charge in [-0.25, -0.2) is 0 Å². The molecule has 6 heteroatoms. The van der Waals surface area contributed by atoms with E-state index in [-0.39, 0.29) is 5.91 Å². The van der Waals surface area contributed by atoms with Gasteiger partial charge in [-0.1, -0.05) is 42.5 Å². The van der Waals surface area contributed by atoms with E-state index in [1.165, 1.54) is 5.56 Å². The van der Waals surface area contributed by atoms with Gasteiger partial charge in [-0.15, -0.1) is 0 Å². The second-order valence-corrected chi connectivity index (χ2v) is 8.60. The minimum absolute atomic E-state index is 0.0555. The van der Waals surface area contributed by atoms with E-state index < -0.39 is 0 Å². The van der Waals surface area contributed by atoms with E-state index in [1.54, 1.807) is 20.4 Å². The first-order valence-electron chi connectivity index (χ1n) is 12.5. The zero-order valence-corrected chi connectivity index (χ0v) is 21.3. The van der Waals surface area contributed by atoms with Gasteiger partial charge in [0.15, 0.2) is 0 Å². The van der Waals surface area contributed by atoms with E-state index in [4.69, 9.17) is 9.47 Å². The van der Waals surface area contributed by atoms with Crippen molar-refractivity contribution in [1.29, 1.82) is 0 Å². The van der Waals surface area contributed by atoms with Crippen molar-refractivity contribution in [3.05, 3.63) is 84.2 Å². The number of nitrogens with one attached hydrogen (secondary N) is 2. The molecule has 6 nitrogen and oxygen atoms in total. The van der Waals surface area contributed by atoms with Crippen LogP contribution in [0.3, 0.4) is 0 Å². The molecule has 0 spiro atoms. The maximum atomic E-state index is 12.1. The first-order valence-corrected chi connectivity index (χ1v) is 12.5. The average molecular weight is 488 g/mol. The lowest BCUT2D eigenvalue weighted by molar-refractivity contribution is -0.120. The van der Waals surface area contributed by atoms with Crippen molar-refractivity contribution < 1.29 is 14.3 Å². The highest BCUT2D eigenvalue weighted by Crippen LogP contribution is 2.23. The van der Waals surface area contributed by atoms with Crippen LogP contribution in [0.15, 0.2) is 73.1 Å². The number of hydrogen-bond donors (Lipinski definition) is 2. The summed E-state index contributed by atoms with van der Waals surface area (Å²) in [7, 11) is 3.34. The van der Waals surface area contributed by atoms with Crippen LogP contribution in [0.5, 0.6) is 11.5 Å². The molecule has 0 fully saturated rings. The number of carbonyl (C=O) groups is 1. The van der Waals surface area contributed by atoms with Crippen molar-refractivity contribution in [2.24, 2.45) is 0 Å². The number of aryl methyl sites for hydroxylation is 1. The largest absolute Gasteiger partial charge is 0.497 e. The standard InChI is InChI=1S/C30H37N3O3/c1-35-28-20-25(21-29(22-28)36-2)9-6-17-31-16-3-4-19-33-30(34)11-5-8-24-12-14-26(15-13-24)27-10-7-18-32-23-27/h5,7-8,10,12-15,18,20-23,31H,3-4,6,9,11,16-17,19H2,1-2H3,(H,33,34)/b8-5+. The molecular formula is C30H37N3O3. The molecule has 0 radical (unpaired) electrons. The molecule has 1 aromatic heterocycles. The Bertz CT molecular complexity index is 1060. The number of hydrogen-bond acceptors (Lipinski definition) is 5. The van der Waals surface area contributed by atoms with Crippen LogP contribution in [0, 0.1) is 0 Å². The van der Waals surface area contributed by atoms with Crippen molar-refractivity contribution in [2.75, 3.05) is 33.9 Å². The van der Waals surface area contributed by atoms with E-state index in [0.29, 0.717) is 13.0 Å². The van der Waals surface area contributed by atoms with E-state index in [9.17, 15) is 4.79 Å². The second-order valence-electron chi connectivity index (χ2n) is 8.60. The molecule has 3 aromatic rings. The van der Waals surface area contributed by atoms with Crippen molar-refractivity contribution >= 4 is 12.0 Å². The third kappa shape index (κ3) is 9.55.